The van der Waals surface area contributed by atoms with Crippen LogP contribution in [0.3, 0.4) is 0 Å². The molecular weight excluding hydrogens is 204 g/mol. The highest BCUT2D eigenvalue weighted by atomic mass is 16.5. The summed E-state index contributed by atoms with van der Waals surface area (Å²) in [6.07, 6.45) is 1.80. The molecule has 3 heteroatoms. The number of aliphatic hydroxyl groups is 1. The van der Waals surface area contributed by atoms with Gasteiger partial charge in [-0.05, 0) is 18.1 Å². The molecule has 1 unspecified atom stereocenters. The van der Waals surface area contributed by atoms with Crippen LogP contribution in [-0.2, 0) is 16.1 Å². The molecule has 1 aliphatic carbocycles. The minimum absolute atomic E-state index is 0.0266. The Labute approximate surface area is 94.4 Å². The summed E-state index contributed by atoms with van der Waals surface area (Å²) < 4.78 is 5.40. The second-order valence-corrected chi connectivity index (χ2v) is 3.83. The van der Waals surface area contributed by atoms with E-state index in [1.165, 1.54) is 6.08 Å². The number of hydrogen-bond donors (Lipinski definition) is 1. The van der Waals surface area contributed by atoms with Crippen LogP contribution in [0.2, 0.25) is 0 Å². The topological polar surface area (TPSA) is 46.5 Å². The molecule has 0 saturated carbocycles. The Balaban J connectivity index is 1.97. The number of rotatable bonds is 3. The molecule has 0 radical (unpaired) electrons. The van der Waals surface area contributed by atoms with Crippen LogP contribution in [0.4, 0.5) is 0 Å². The summed E-state index contributed by atoms with van der Waals surface area (Å²) in [5.41, 5.74) is 1.01. The van der Waals surface area contributed by atoms with Crippen LogP contribution < -0.4 is 0 Å². The highest BCUT2D eigenvalue weighted by Crippen LogP contribution is 2.17. The van der Waals surface area contributed by atoms with Gasteiger partial charge in [0.2, 0.25) is 0 Å². The first kappa shape index (κ1) is 10.9. The molecule has 2 rings (SSSR count). The molecule has 0 amide bonds. The van der Waals surface area contributed by atoms with Crippen LogP contribution in [0.25, 0.3) is 0 Å². The van der Waals surface area contributed by atoms with E-state index in [2.05, 4.69) is 0 Å². The lowest BCUT2D eigenvalue weighted by atomic mass is 10.0. The Morgan fingerprint density at radius 2 is 2.06 bits per heavy atom. The Morgan fingerprint density at radius 3 is 2.81 bits per heavy atom. The van der Waals surface area contributed by atoms with Gasteiger partial charge >= 0.3 is 0 Å². The smallest absolute Gasteiger partial charge is 0.197 e. The lowest BCUT2D eigenvalue weighted by Crippen LogP contribution is -2.18. The van der Waals surface area contributed by atoms with Crippen LogP contribution in [-0.4, -0.2) is 17.0 Å². The van der Waals surface area contributed by atoms with Gasteiger partial charge in [-0.15, -0.1) is 0 Å². The zero-order valence-corrected chi connectivity index (χ0v) is 8.93. The average Bonchev–Trinajstić information content (AvgIpc) is 2.32. The highest BCUT2D eigenvalue weighted by Gasteiger charge is 2.19. The molecule has 0 fully saturated rings. The van der Waals surface area contributed by atoms with Crippen molar-refractivity contribution in [1.82, 2.24) is 0 Å². The number of benzene rings is 1. The largest absolute Gasteiger partial charge is 0.485 e. The average molecular weight is 218 g/mol. The first-order valence-electron chi connectivity index (χ1n) is 5.35. The number of ketones is 1. The van der Waals surface area contributed by atoms with Gasteiger partial charge in [-0.1, -0.05) is 30.3 Å². The van der Waals surface area contributed by atoms with Gasteiger partial charge in [0.05, 0.1) is 6.10 Å². The molecule has 84 valence electrons. The number of aliphatic hydroxyl groups excluding tert-OH is 1. The van der Waals surface area contributed by atoms with E-state index in [4.69, 9.17) is 4.74 Å². The quantitative estimate of drug-likeness (QED) is 0.841. The molecule has 1 aliphatic rings. The number of allylic oxidation sites excluding steroid dienone is 1. The third-order valence-electron chi connectivity index (χ3n) is 2.52. The van der Waals surface area contributed by atoms with E-state index in [0.29, 0.717) is 25.2 Å². The van der Waals surface area contributed by atoms with Gasteiger partial charge in [0.25, 0.3) is 0 Å². The summed E-state index contributed by atoms with van der Waals surface area (Å²) in [7, 11) is 0. The Kier molecular flexibility index (Phi) is 3.37. The first-order chi connectivity index (χ1) is 7.75. The van der Waals surface area contributed by atoms with Crippen molar-refractivity contribution in [2.24, 2.45) is 0 Å². The monoisotopic (exact) mass is 218 g/mol. The molecule has 16 heavy (non-hydrogen) atoms. The van der Waals surface area contributed by atoms with Crippen LogP contribution in [0.5, 0.6) is 0 Å². The summed E-state index contributed by atoms with van der Waals surface area (Å²) >= 11 is 0. The fourth-order valence-corrected chi connectivity index (χ4v) is 1.62. The maximum absolute atomic E-state index is 11.5. The second kappa shape index (κ2) is 4.94. The molecule has 1 aromatic rings. The molecule has 3 nitrogen and oxygen atoms in total. The van der Waals surface area contributed by atoms with Gasteiger partial charge in [-0.3, -0.25) is 4.79 Å². The molecule has 0 aliphatic heterocycles. The molecule has 0 saturated heterocycles. The second-order valence-electron chi connectivity index (χ2n) is 3.83. The van der Waals surface area contributed by atoms with Crippen LogP contribution in [0, 0.1) is 0 Å². The predicted molar refractivity (Wildman–Crippen MR) is 59.6 cm³/mol. The van der Waals surface area contributed by atoms with Gasteiger partial charge in [0, 0.05) is 6.42 Å². The van der Waals surface area contributed by atoms with Gasteiger partial charge in [0.1, 0.15) is 6.61 Å². The number of hydrogen-bond acceptors (Lipinski definition) is 3. The number of carbonyl (C=O) groups excluding carboxylic acids is 1. The summed E-state index contributed by atoms with van der Waals surface area (Å²) in [6, 6.07) is 9.64. The zero-order chi connectivity index (χ0) is 11.4. The van der Waals surface area contributed by atoms with Crippen molar-refractivity contribution >= 4 is 5.78 Å². The standard InChI is InChI=1S/C13H14O3/c14-11-6-7-12(15)13(8-11)16-9-10-4-2-1-3-5-10/h1-5,8,11,14H,6-7,9H2. The summed E-state index contributed by atoms with van der Waals surface area (Å²) in [5, 5.41) is 9.39. The predicted octanol–water partition coefficient (Wildman–Crippen LogP) is 1.81. The van der Waals surface area contributed by atoms with Crippen molar-refractivity contribution in [3.63, 3.8) is 0 Å². The van der Waals surface area contributed by atoms with E-state index in [1.54, 1.807) is 0 Å². The number of Topliss-reactive ketones (excluding diaryl/α,β-unsaturated/α-hetero) is 1. The zero-order valence-electron chi connectivity index (χ0n) is 8.93. The number of ether oxygens (including phenoxy) is 1. The Morgan fingerprint density at radius 1 is 1.31 bits per heavy atom. The van der Waals surface area contributed by atoms with Crippen molar-refractivity contribution in [3.8, 4) is 0 Å². The van der Waals surface area contributed by atoms with Crippen molar-refractivity contribution in [2.75, 3.05) is 0 Å². The van der Waals surface area contributed by atoms with Crippen LogP contribution >= 0.6 is 0 Å². The maximum Gasteiger partial charge on any atom is 0.197 e. The van der Waals surface area contributed by atoms with Gasteiger partial charge in [0.15, 0.2) is 11.5 Å². The minimum atomic E-state index is -0.552. The molecule has 1 aromatic carbocycles. The third kappa shape index (κ3) is 2.70. The van der Waals surface area contributed by atoms with E-state index in [0.717, 1.165) is 5.56 Å². The Bertz CT molecular complexity index is 395. The minimum Gasteiger partial charge on any atom is -0.485 e. The Hall–Kier alpha value is -1.61. The lowest BCUT2D eigenvalue weighted by molar-refractivity contribution is -0.120. The first-order valence-corrected chi connectivity index (χ1v) is 5.35. The maximum atomic E-state index is 11.5. The van der Waals surface area contributed by atoms with Crippen LogP contribution in [0.1, 0.15) is 18.4 Å². The van der Waals surface area contributed by atoms with E-state index in [1.807, 2.05) is 30.3 Å². The molecular formula is C13H14O3. The van der Waals surface area contributed by atoms with Gasteiger partial charge in [-0.25, -0.2) is 0 Å². The molecule has 0 aromatic heterocycles. The molecule has 1 atom stereocenters. The summed E-state index contributed by atoms with van der Waals surface area (Å²) in [6.45, 7) is 0.366. The van der Waals surface area contributed by atoms with Crippen molar-refractivity contribution < 1.29 is 14.6 Å². The van der Waals surface area contributed by atoms with E-state index >= 15 is 0 Å². The van der Waals surface area contributed by atoms with E-state index < -0.39 is 6.10 Å². The van der Waals surface area contributed by atoms with Crippen LogP contribution in [0.15, 0.2) is 42.2 Å². The van der Waals surface area contributed by atoms with E-state index in [-0.39, 0.29) is 5.78 Å². The molecule has 1 N–H and O–H groups in total. The molecule has 0 heterocycles. The summed E-state index contributed by atoms with van der Waals surface area (Å²) in [5.74, 6) is 0.267. The highest BCUT2D eigenvalue weighted by molar-refractivity contribution is 5.94. The SMILES string of the molecule is O=C1CCC(O)C=C1OCc1ccccc1. The number of carbonyl (C=O) groups is 1. The normalized spacial score (nSPS) is 20.4. The molecule has 0 bridgehead atoms. The third-order valence-corrected chi connectivity index (χ3v) is 2.52. The van der Waals surface area contributed by atoms with E-state index in [9.17, 15) is 9.90 Å². The fourth-order valence-electron chi connectivity index (χ4n) is 1.62. The summed E-state index contributed by atoms with van der Waals surface area (Å²) in [4.78, 5) is 11.5. The van der Waals surface area contributed by atoms with Gasteiger partial charge < -0.3 is 9.84 Å². The fraction of sp³-hybridized carbons (Fsp3) is 0.308. The van der Waals surface area contributed by atoms with Crippen molar-refractivity contribution in [3.05, 3.63) is 47.7 Å². The molecule has 0 spiro atoms. The van der Waals surface area contributed by atoms with Crippen molar-refractivity contribution in [2.45, 2.75) is 25.6 Å². The van der Waals surface area contributed by atoms with Gasteiger partial charge in [-0.2, -0.15) is 0 Å². The lowest BCUT2D eigenvalue weighted by Gasteiger charge is -2.16. The van der Waals surface area contributed by atoms with Crippen molar-refractivity contribution in [1.29, 1.82) is 0 Å².